The topological polar surface area (TPSA) is 49.3 Å². The molecule has 0 unspecified atom stereocenters. The van der Waals surface area contributed by atoms with E-state index in [9.17, 15) is 18.7 Å². The Kier molecular flexibility index (Phi) is 5.05. The lowest BCUT2D eigenvalue weighted by Crippen LogP contribution is -2.32. The van der Waals surface area contributed by atoms with Crippen LogP contribution in [0.3, 0.4) is 0 Å². The van der Waals surface area contributed by atoms with Crippen molar-refractivity contribution in [3.8, 4) is 0 Å². The number of amides is 1. The van der Waals surface area contributed by atoms with Crippen molar-refractivity contribution in [3.63, 3.8) is 0 Å². The molecule has 0 aliphatic carbocycles. The highest BCUT2D eigenvalue weighted by Crippen LogP contribution is 2.21. The van der Waals surface area contributed by atoms with E-state index in [2.05, 4.69) is 5.32 Å². The highest BCUT2D eigenvalue weighted by Gasteiger charge is 2.17. The maximum Gasteiger partial charge on any atom is 0.225 e. The Hall–Kier alpha value is -2.79. The zero-order chi connectivity index (χ0) is 17.8. The number of carbonyl (C=O) groups excluding carboxylic acids is 1. The van der Waals surface area contributed by atoms with Crippen molar-refractivity contribution < 1.29 is 18.7 Å². The SMILES string of the molecule is O=C(Cc1c(F)cccc1F)N[C@@H](CO)c1ccc2ccccc2c1. The molecule has 0 fully saturated rings. The predicted molar refractivity (Wildman–Crippen MR) is 92.0 cm³/mol. The Morgan fingerprint density at radius 3 is 2.32 bits per heavy atom. The molecule has 1 atom stereocenters. The van der Waals surface area contributed by atoms with Crippen LogP contribution in [0, 0.1) is 11.6 Å². The van der Waals surface area contributed by atoms with Crippen LogP contribution < -0.4 is 5.32 Å². The molecule has 0 saturated heterocycles. The van der Waals surface area contributed by atoms with Gasteiger partial charge in [-0.15, -0.1) is 0 Å². The third kappa shape index (κ3) is 3.83. The van der Waals surface area contributed by atoms with E-state index >= 15 is 0 Å². The maximum absolute atomic E-state index is 13.7. The standard InChI is InChI=1S/C20H17F2NO2/c21-17-6-3-7-18(22)16(17)11-20(25)23-19(12-24)15-9-8-13-4-1-2-5-14(13)10-15/h1-10,19,24H,11-12H2,(H,23,25)/t19-/m0/s1. The van der Waals surface area contributed by atoms with Gasteiger partial charge in [-0.05, 0) is 34.5 Å². The molecular weight excluding hydrogens is 324 g/mol. The molecule has 0 radical (unpaired) electrons. The number of carbonyl (C=O) groups is 1. The summed E-state index contributed by atoms with van der Waals surface area (Å²) in [4.78, 5) is 12.2. The molecular formula is C20H17F2NO2. The van der Waals surface area contributed by atoms with E-state index in [-0.39, 0.29) is 12.2 Å². The van der Waals surface area contributed by atoms with Gasteiger partial charge in [0.25, 0.3) is 0 Å². The Labute approximate surface area is 143 Å². The van der Waals surface area contributed by atoms with Gasteiger partial charge in [-0.2, -0.15) is 0 Å². The van der Waals surface area contributed by atoms with Crippen LogP contribution in [0.15, 0.2) is 60.7 Å². The Morgan fingerprint density at radius 1 is 0.960 bits per heavy atom. The smallest absolute Gasteiger partial charge is 0.225 e. The van der Waals surface area contributed by atoms with Crippen LogP contribution in [0.4, 0.5) is 8.78 Å². The van der Waals surface area contributed by atoms with Crippen LogP contribution in [0.25, 0.3) is 10.8 Å². The van der Waals surface area contributed by atoms with Crippen molar-refractivity contribution in [3.05, 3.63) is 83.4 Å². The second-order valence-corrected chi connectivity index (χ2v) is 5.79. The molecule has 0 saturated carbocycles. The lowest BCUT2D eigenvalue weighted by Gasteiger charge is -2.17. The highest BCUT2D eigenvalue weighted by molar-refractivity contribution is 5.83. The molecule has 3 aromatic rings. The van der Waals surface area contributed by atoms with Gasteiger partial charge in [0.05, 0.1) is 19.1 Å². The lowest BCUT2D eigenvalue weighted by atomic mass is 10.0. The minimum absolute atomic E-state index is 0.282. The molecule has 0 aromatic heterocycles. The molecule has 0 aliphatic rings. The monoisotopic (exact) mass is 341 g/mol. The first-order valence-electron chi connectivity index (χ1n) is 7.90. The number of rotatable bonds is 5. The first-order chi connectivity index (χ1) is 12.1. The molecule has 3 aromatic carbocycles. The predicted octanol–water partition coefficient (Wildman–Crippen LogP) is 3.51. The highest BCUT2D eigenvalue weighted by atomic mass is 19.1. The van der Waals surface area contributed by atoms with Crippen LogP contribution >= 0.6 is 0 Å². The quantitative estimate of drug-likeness (QED) is 0.746. The first kappa shape index (κ1) is 17.0. The van der Waals surface area contributed by atoms with Crippen molar-refractivity contribution in [1.82, 2.24) is 5.32 Å². The van der Waals surface area contributed by atoms with E-state index in [1.807, 2.05) is 42.5 Å². The minimum Gasteiger partial charge on any atom is -0.394 e. The fraction of sp³-hybridized carbons (Fsp3) is 0.150. The molecule has 0 heterocycles. The lowest BCUT2D eigenvalue weighted by molar-refractivity contribution is -0.121. The summed E-state index contributed by atoms with van der Waals surface area (Å²) in [6, 6.07) is 16.1. The fourth-order valence-electron chi connectivity index (χ4n) is 2.77. The minimum atomic E-state index is -0.763. The number of aliphatic hydroxyl groups is 1. The molecule has 3 rings (SSSR count). The molecule has 0 aliphatic heterocycles. The summed E-state index contributed by atoms with van der Waals surface area (Å²) in [6.45, 7) is -0.316. The summed E-state index contributed by atoms with van der Waals surface area (Å²) in [5.74, 6) is -2.08. The zero-order valence-electron chi connectivity index (χ0n) is 13.4. The van der Waals surface area contributed by atoms with Crippen molar-refractivity contribution in [2.75, 3.05) is 6.61 Å². The molecule has 3 nitrogen and oxygen atoms in total. The normalized spacial score (nSPS) is 12.1. The van der Waals surface area contributed by atoms with Crippen molar-refractivity contribution >= 4 is 16.7 Å². The molecule has 0 spiro atoms. The zero-order valence-corrected chi connectivity index (χ0v) is 13.4. The molecule has 128 valence electrons. The number of halogens is 2. The summed E-state index contributed by atoms with van der Waals surface area (Å²) < 4.78 is 27.3. The van der Waals surface area contributed by atoms with Crippen molar-refractivity contribution in [2.24, 2.45) is 0 Å². The molecule has 25 heavy (non-hydrogen) atoms. The maximum atomic E-state index is 13.7. The van der Waals surface area contributed by atoms with E-state index in [1.54, 1.807) is 0 Å². The number of hydrogen-bond acceptors (Lipinski definition) is 2. The third-order valence-corrected chi connectivity index (χ3v) is 4.09. The molecule has 5 heteroatoms. The average molecular weight is 341 g/mol. The summed E-state index contributed by atoms with van der Waals surface area (Å²) in [7, 11) is 0. The van der Waals surface area contributed by atoms with Gasteiger partial charge in [0.15, 0.2) is 0 Å². The van der Waals surface area contributed by atoms with Crippen LogP contribution in [0.5, 0.6) is 0 Å². The Balaban J connectivity index is 1.77. The number of aliphatic hydroxyl groups excluding tert-OH is 1. The second kappa shape index (κ2) is 7.40. The van der Waals surface area contributed by atoms with Gasteiger partial charge < -0.3 is 10.4 Å². The summed E-state index contributed by atoms with van der Waals surface area (Å²) in [5.41, 5.74) is 0.443. The van der Waals surface area contributed by atoms with Crippen LogP contribution in [-0.4, -0.2) is 17.6 Å². The van der Waals surface area contributed by atoms with Gasteiger partial charge in [0, 0.05) is 5.56 Å². The number of benzene rings is 3. The van der Waals surface area contributed by atoms with Crippen LogP contribution in [0.2, 0.25) is 0 Å². The molecule has 1 amide bonds. The summed E-state index contributed by atoms with van der Waals surface area (Å²) in [5, 5.41) is 14.3. The second-order valence-electron chi connectivity index (χ2n) is 5.79. The van der Waals surface area contributed by atoms with E-state index in [0.717, 1.165) is 28.5 Å². The van der Waals surface area contributed by atoms with Gasteiger partial charge in [0.2, 0.25) is 5.91 Å². The molecule has 0 bridgehead atoms. The summed E-state index contributed by atoms with van der Waals surface area (Å²) >= 11 is 0. The fourth-order valence-corrected chi connectivity index (χ4v) is 2.77. The largest absolute Gasteiger partial charge is 0.394 e. The van der Waals surface area contributed by atoms with Crippen molar-refractivity contribution in [2.45, 2.75) is 12.5 Å². The van der Waals surface area contributed by atoms with Gasteiger partial charge in [-0.3, -0.25) is 4.79 Å². The first-order valence-corrected chi connectivity index (χ1v) is 7.90. The van der Waals surface area contributed by atoms with E-state index in [4.69, 9.17) is 0 Å². The van der Waals surface area contributed by atoms with Crippen LogP contribution in [-0.2, 0) is 11.2 Å². The van der Waals surface area contributed by atoms with E-state index < -0.39 is 30.0 Å². The number of hydrogen-bond donors (Lipinski definition) is 2. The Bertz CT molecular complexity index is 891. The third-order valence-electron chi connectivity index (χ3n) is 4.09. The van der Waals surface area contributed by atoms with Gasteiger partial charge in [-0.25, -0.2) is 8.78 Å². The van der Waals surface area contributed by atoms with Gasteiger partial charge in [0.1, 0.15) is 11.6 Å². The van der Waals surface area contributed by atoms with Gasteiger partial charge >= 0.3 is 0 Å². The van der Waals surface area contributed by atoms with E-state index in [1.165, 1.54) is 6.07 Å². The number of fused-ring (bicyclic) bond motifs is 1. The van der Waals surface area contributed by atoms with E-state index in [0.29, 0.717) is 0 Å². The Morgan fingerprint density at radius 2 is 1.64 bits per heavy atom. The van der Waals surface area contributed by atoms with Crippen LogP contribution in [0.1, 0.15) is 17.2 Å². The number of nitrogens with one attached hydrogen (secondary N) is 1. The summed E-state index contributed by atoms with van der Waals surface area (Å²) in [6.07, 6.45) is -0.428. The van der Waals surface area contributed by atoms with Gasteiger partial charge in [-0.1, -0.05) is 42.5 Å². The van der Waals surface area contributed by atoms with Crippen molar-refractivity contribution in [1.29, 1.82) is 0 Å². The average Bonchev–Trinajstić information content (AvgIpc) is 2.62. The molecule has 2 N–H and O–H groups in total.